The summed E-state index contributed by atoms with van der Waals surface area (Å²) in [5.41, 5.74) is 6.97. The van der Waals surface area contributed by atoms with Crippen LogP contribution in [-0.4, -0.2) is 30.8 Å². The molecule has 3 N–H and O–H groups in total. The highest BCUT2D eigenvalue weighted by molar-refractivity contribution is 5.73. The van der Waals surface area contributed by atoms with E-state index in [4.69, 9.17) is 15.2 Å². The van der Waals surface area contributed by atoms with Crippen molar-refractivity contribution in [3.05, 3.63) is 35.9 Å². The minimum atomic E-state index is -0.515. The van der Waals surface area contributed by atoms with E-state index >= 15 is 0 Å². The highest BCUT2D eigenvalue weighted by atomic mass is 16.5. The fourth-order valence-corrected chi connectivity index (χ4v) is 2.75. The van der Waals surface area contributed by atoms with Gasteiger partial charge in [-0.25, -0.2) is 4.79 Å². The third kappa shape index (κ3) is 5.25. The van der Waals surface area contributed by atoms with E-state index in [1.54, 1.807) is 6.92 Å². The van der Waals surface area contributed by atoms with Gasteiger partial charge >= 0.3 is 12.1 Å². The number of nitrogens with two attached hydrogens (primary N) is 1. The number of nitrogens with one attached hydrogen (secondary N) is 1. The zero-order chi connectivity index (χ0) is 16.7. The van der Waals surface area contributed by atoms with Crippen LogP contribution in [0.25, 0.3) is 0 Å². The molecule has 0 spiro atoms. The molecule has 23 heavy (non-hydrogen) atoms. The molecule has 1 aromatic rings. The molecule has 2 rings (SSSR count). The van der Waals surface area contributed by atoms with Gasteiger partial charge in [0.2, 0.25) is 0 Å². The zero-order valence-corrected chi connectivity index (χ0v) is 13.4. The van der Waals surface area contributed by atoms with Gasteiger partial charge in [-0.3, -0.25) is 4.79 Å². The average Bonchev–Trinajstić information content (AvgIpc) is 2.56. The van der Waals surface area contributed by atoms with Crippen molar-refractivity contribution in [3.8, 4) is 0 Å². The summed E-state index contributed by atoms with van der Waals surface area (Å²) in [5.74, 6) is -0.432. The van der Waals surface area contributed by atoms with Crippen LogP contribution in [0, 0.1) is 5.92 Å². The first-order valence-corrected chi connectivity index (χ1v) is 7.99. The van der Waals surface area contributed by atoms with E-state index in [2.05, 4.69) is 5.32 Å². The lowest BCUT2D eigenvalue weighted by molar-refractivity contribution is -0.149. The molecule has 1 aliphatic carbocycles. The molecule has 3 atom stereocenters. The van der Waals surface area contributed by atoms with Crippen molar-refractivity contribution in [2.45, 2.75) is 44.9 Å². The number of rotatable bonds is 5. The minimum absolute atomic E-state index is 0.176. The van der Waals surface area contributed by atoms with Crippen molar-refractivity contribution >= 4 is 12.1 Å². The number of esters is 1. The van der Waals surface area contributed by atoms with Crippen LogP contribution in [0.2, 0.25) is 0 Å². The molecule has 0 heterocycles. The third-order valence-corrected chi connectivity index (χ3v) is 4.04. The molecule has 0 aliphatic heterocycles. The molecule has 0 aromatic heterocycles. The van der Waals surface area contributed by atoms with Crippen LogP contribution in [-0.2, 0) is 20.9 Å². The predicted molar refractivity (Wildman–Crippen MR) is 85.5 cm³/mol. The van der Waals surface area contributed by atoms with Gasteiger partial charge in [0.05, 0.1) is 12.5 Å². The fraction of sp³-hybridized carbons (Fsp3) is 0.529. The van der Waals surface area contributed by atoms with Crippen molar-refractivity contribution < 1.29 is 19.1 Å². The van der Waals surface area contributed by atoms with Gasteiger partial charge in [0.25, 0.3) is 0 Å². The second kappa shape index (κ2) is 8.53. The van der Waals surface area contributed by atoms with E-state index in [9.17, 15) is 9.59 Å². The normalized spacial score (nSPS) is 23.8. The summed E-state index contributed by atoms with van der Waals surface area (Å²) in [4.78, 5) is 23.8. The number of carbonyl (C=O) groups excluding carboxylic acids is 2. The second-order valence-electron chi connectivity index (χ2n) is 5.74. The maximum Gasteiger partial charge on any atom is 0.407 e. The molecular weight excluding hydrogens is 296 g/mol. The molecule has 1 fully saturated rings. The third-order valence-electron chi connectivity index (χ3n) is 4.04. The molecule has 0 bridgehead atoms. The fourth-order valence-electron chi connectivity index (χ4n) is 2.75. The average molecular weight is 320 g/mol. The lowest BCUT2D eigenvalue weighted by Gasteiger charge is -2.33. The highest BCUT2D eigenvalue weighted by Gasteiger charge is 2.34. The molecule has 1 aromatic carbocycles. The number of ether oxygens (including phenoxy) is 2. The van der Waals surface area contributed by atoms with Gasteiger partial charge in [0.15, 0.2) is 0 Å². The van der Waals surface area contributed by atoms with E-state index in [1.807, 2.05) is 30.3 Å². The highest BCUT2D eigenvalue weighted by Crippen LogP contribution is 2.25. The molecule has 0 saturated heterocycles. The molecular formula is C17H24N2O4. The smallest absolute Gasteiger partial charge is 0.407 e. The molecule has 0 radical (unpaired) electrons. The Morgan fingerprint density at radius 2 is 1.96 bits per heavy atom. The first-order valence-electron chi connectivity index (χ1n) is 7.99. The Morgan fingerprint density at radius 3 is 2.65 bits per heavy atom. The summed E-state index contributed by atoms with van der Waals surface area (Å²) >= 11 is 0. The quantitative estimate of drug-likeness (QED) is 0.810. The summed E-state index contributed by atoms with van der Waals surface area (Å²) in [7, 11) is 0. The van der Waals surface area contributed by atoms with Crippen molar-refractivity contribution in [2.75, 3.05) is 6.61 Å². The lowest BCUT2D eigenvalue weighted by atomic mass is 9.83. The summed E-state index contributed by atoms with van der Waals surface area (Å²) < 4.78 is 10.3. The van der Waals surface area contributed by atoms with Crippen LogP contribution in [0.5, 0.6) is 0 Å². The van der Waals surface area contributed by atoms with Crippen LogP contribution in [0.1, 0.15) is 31.7 Å². The molecule has 6 heteroatoms. The maximum atomic E-state index is 11.9. The van der Waals surface area contributed by atoms with Crippen molar-refractivity contribution in [1.82, 2.24) is 5.32 Å². The number of benzene rings is 1. The zero-order valence-electron chi connectivity index (χ0n) is 13.4. The Hall–Kier alpha value is -2.08. The lowest BCUT2D eigenvalue weighted by Crippen LogP contribution is -2.52. The number of alkyl carbamates (subject to hydrolysis) is 1. The van der Waals surface area contributed by atoms with E-state index < -0.39 is 6.09 Å². The first kappa shape index (κ1) is 17.3. The van der Waals surface area contributed by atoms with Gasteiger partial charge in [-0.1, -0.05) is 30.3 Å². The summed E-state index contributed by atoms with van der Waals surface area (Å²) in [6, 6.07) is 8.99. The van der Waals surface area contributed by atoms with Gasteiger partial charge in [0.1, 0.15) is 6.61 Å². The van der Waals surface area contributed by atoms with Gasteiger partial charge < -0.3 is 20.5 Å². The number of hydrogen-bond donors (Lipinski definition) is 2. The first-order chi connectivity index (χ1) is 11.1. The van der Waals surface area contributed by atoms with Crippen LogP contribution in [0.15, 0.2) is 30.3 Å². The van der Waals surface area contributed by atoms with E-state index in [1.165, 1.54) is 0 Å². The largest absolute Gasteiger partial charge is 0.466 e. The molecule has 1 saturated carbocycles. The molecule has 126 valence electrons. The van der Waals surface area contributed by atoms with Crippen LogP contribution < -0.4 is 11.1 Å². The number of hydrogen-bond acceptors (Lipinski definition) is 5. The Kier molecular flexibility index (Phi) is 6.40. The summed E-state index contributed by atoms with van der Waals surface area (Å²) in [6.07, 6.45) is 1.34. The molecule has 1 aliphatic rings. The van der Waals surface area contributed by atoms with Gasteiger partial charge in [-0.15, -0.1) is 0 Å². The summed E-state index contributed by atoms with van der Waals surface area (Å²) in [5, 5.41) is 2.77. The second-order valence-corrected chi connectivity index (χ2v) is 5.74. The van der Waals surface area contributed by atoms with Crippen LogP contribution in [0.3, 0.4) is 0 Å². The standard InChI is InChI=1S/C17H24N2O4/c1-2-22-16(20)13-8-9-14(18)15(10-13)19-17(21)23-11-12-6-4-3-5-7-12/h3-7,13-15H,2,8-11,18H2,1H3,(H,19,21)/t13-,14-,15+/m0/s1. The number of amides is 1. The minimum Gasteiger partial charge on any atom is -0.466 e. The summed E-state index contributed by atoms with van der Waals surface area (Å²) in [6.45, 7) is 2.34. The van der Waals surface area contributed by atoms with Crippen molar-refractivity contribution in [2.24, 2.45) is 11.7 Å². The van der Waals surface area contributed by atoms with E-state index in [-0.39, 0.29) is 30.6 Å². The van der Waals surface area contributed by atoms with Crippen molar-refractivity contribution in [1.29, 1.82) is 0 Å². The molecule has 6 nitrogen and oxygen atoms in total. The Balaban J connectivity index is 1.82. The van der Waals surface area contributed by atoms with Crippen LogP contribution >= 0.6 is 0 Å². The molecule has 0 unspecified atom stereocenters. The Labute approximate surface area is 136 Å². The van der Waals surface area contributed by atoms with E-state index in [0.29, 0.717) is 25.9 Å². The van der Waals surface area contributed by atoms with E-state index in [0.717, 1.165) is 5.56 Å². The topological polar surface area (TPSA) is 90.6 Å². The predicted octanol–water partition coefficient (Wildman–Crippen LogP) is 1.97. The van der Waals surface area contributed by atoms with Gasteiger partial charge in [-0.2, -0.15) is 0 Å². The number of carbonyl (C=O) groups is 2. The maximum absolute atomic E-state index is 11.9. The van der Waals surface area contributed by atoms with Crippen LogP contribution in [0.4, 0.5) is 4.79 Å². The molecule has 1 amide bonds. The van der Waals surface area contributed by atoms with Gasteiger partial charge in [0, 0.05) is 12.1 Å². The van der Waals surface area contributed by atoms with Crippen molar-refractivity contribution in [3.63, 3.8) is 0 Å². The monoisotopic (exact) mass is 320 g/mol. The van der Waals surface area contributed by atoms with Gasteiger partial charge in [-0.05, 0) is 31.7 Å². The SMILES string of the molecule is CCOC(=O)[C@H]1CC[C@H](N)[C@H](NC(=O)OCc2ccccc2)C1. The Bertz CT molecular complexity index is 521. The Morgan fingerprint density at radius 1 is 1.22 bits per heavy atom.